The van der Waals surface area contributed by atoms with E-state index in [1.54, 1.807) is 14.2 Å². The molecule has 0 aliphatic carbocycles. The Kier molecular flexibility index (Phi) is 5.26. The van der Waals surface area contributed by atoms with Crippen LogP contribution in [-0.2, 0) is 0 Å². The van der Waals surface area contributed by atoms with Gasteiger partial charge in [0.25, 0.3) is 0 Å². The number of rotatable bonds is 4. The first kappa shape index (κ1) is 16.3. The number of ether oxygens (including phenoxy) is 2. The van der Waals surface area contributed by atoms with Gasteiger partial charge in [-0.3, -0.25) is 0 Å². The van der Waals surface area contributed by atoms with Crippen molar-refractivity contribution in [1.82, 2.24) is 9.97 Å². The second-order valence-electron chi connectivity index (χ2n) is 4.23. The van der Waals surface area contributed by atoms with Crippen LogP contribution in [0.3, 0.4) is 0 Å². The molecule has 1 heterocycles. The van der Waals surface area contributed by atoms with E-state index in [0.717, 1.165) is 25.1 Å². The van der Waals surface area contributed by atoms with Crippen LogP contribution in [0.5, 0.6) is 11.5 Å². The smallest absolute Gasteiger partial charge is 0.163 e. The van der Waals surface area contributed by atoms with Crippen molar-refractivity contribution >= 4 is 44.3 Å². The second kappa shape index (κ2) is 6.78. The van der Waals surface area contributed by atoms with Crippen LogP contribution in [0.4, 0.5) is 5.82 Å². The predicted molar refractivity (Wildman–Crippen MR) is 95.3 cm³/mol. The van der Waals surface area contributed by atoms with Crippen LogP contribution in [0, 0.1) is 10.5 Å². The molecule has 2 rings (SSSR count). The van der Waals surface area contributed by atoms with Gasteiger partial charge < -0.3 is 14.8 Å². The van der Waals surface area contributed by atoms with Gasteiger partial charge in [0.15, 0.2) is 17.3 Å². The predicted octanol–water partition coefficient (Wildman–Crippen LogP) is 3.88. The van der Waals surface area contributed by atoms with Gasteiger partial charge in [0.1, 0.15) is 5.82 Å². The molecule has 0 atom stereocenters. The fourth-order valence-corrected chi connectivity index (χ4v) is 2.88. The monoisotopic (exact) mass is 463 g/mol. The molecule has 0 amide bonds. The number of anilines is 1. The Hall–Kier alpha value is -1.09. The molecule has 0 spiro atoms. The van der Waals surface area contributed by atoms with Crippen LogP contribution in [-0.4, -0.2) is 31.2 Å². The highest BCUT2D eigenvalue weighted by Crippen LogP contribution is 2.38. The van der Waals surface area contributed by atoms with E-state index < -0.39 is 0 Å². The van der Waals surface area contributed by atoms with Crippen LogP contribution >= 0.6 is 38.5 Å². The lowest BCUT2D eigenvalue weighted by Gasteiger charge is -2.13. The summed E-state index contributed by atoms with van der Waals surface area (Å²) in [5.74, 6) is 2.73. The molecule has 1 N–H and O–H groups in total. The van der Waals surface area contributed by atoms with Crippen molar-refractivity contribution in [2.24, 2.45) is 0 Å². The van der Waals surface area contributed by atoms with Crippen LogP contribution in [0.25, 0.3) is 11.4 Å². The number of benzene rings is 1. The largest absolute Gasteiger partial charge is 0.493 e. The first-order valence-corrected chi connectivity index (χ1v) is 8.02. The van der Waals surface area contributed by atoms with Gasteiger partial charge in [-0.05, 0) is 57.6 Å². The zero-order valence-electron chi connectivity index (χ0n) is 12.1. The molecular weight excluding hydrogens is 449 g/mol. The van der Waals surface area contributed by atoms with Crippen molar-refractivity contribution < 1.29 is 9.47 Å². The standard InChI is InChI=1S/C14H15BrIN3O2/c1-7-12(16)14(17-2)19-13(18-7)8-5-10(20-3)11(21-4)6-9(8)15/h5-6H,1-4H3,(H,17,18,19). The molecule has 0 fully saturated rings. The number of nitrogens with one attached hydrogen (secondary N) is 1. The maximum atomic E-state index is 5.35. The Morgan fingerprint density at radius 2 is 1.76 bits per heavy atom. The fraction of sp³-hybridized carbons (Fsp3) is 0.286. The van der Waals surface area contributed by atoms with Gasteiger partial charge in [-0.2, -0.15) is 0 Å². The lowest BCUT2D eigenvalue weighted by atomic mass is 10.2. The molecular formula is C14H15BrIN3O2. The van der Waals surface area contributed by atoms with Crippen LogP contribution < -0.4 is 14.8 Å². The average Bonchev–Trinajstić information content (AvgIpc) is 2.49. The minimum atomic E-state index is 0.630. The van der Waals surface area contributed by atoms with E-state index in [1.165, 1.54) is 0 Å². The minimum Gasteiger partial charge on any atom is -0.493 e. The molecule has 0 saturated carbocycles. The molecule has 2 aromatic rings. The van der Waals surface area contributed by atoms with Crippen molar-refractivity contribution in [1.29, 1.82) is 0 Å². The number of aryl methyl sites for hydroxylation is 1. The minimum absolute atomic E-state index is 0.630. The van der Waals surface area contributed by atoms with Gasteiger partial charge in [-0.25, -0.2) is 9.97 Å². The summed E-state index contributed by atoms with van der Waals surface area (Å²) in [4.78, 5) is 9.12. The lowest BCUT2D eigenvalue weighted by molar-refractivity contribution is 0.355. The fourth-order valence-electron chi connectivity index (χ4n) is 1.87. The summed E-state index contributed by atoms with van der Waals surface area (Å²) in [5, 5.41) is 3.09. The van der Waals surface area contributed by atoms with Gasteiger partial charge in [0, 0.05) is 17.1 Å². The van der Waals surface area contributed by atoms with E-state index >= 15 is 0 Å². The summed E-state index contributed by atoms with van der Waals surface area (Å²) >= 11 is 5.77. The molecule has 0 aliphatic rings. The molecule has 21 heavy (non-hydrogen) atoms. The maximum Gasteiger partial charge on any atom is 0.163 e. The summed E-state index contributed by atoms with van der Waals surface area (Å²) in [6.45, 7) is 1.96. The molecule has 0 unspecified atom stereocenters. The Morgan fingerprint density at radius 3 is 2.33 bits per heavy atom. The number of nitrogens with zero attached hydrogens (tertiary/aromatic N) is 2. The zero-order chi connectivity index (χ0) is 15.6. The summed E-state index contributed by atoms with van der Waals surface area (Å²) in [6.07, 6.45) is 0. The molecule has 1 aromatic heterocycles. The van der Waals surface area contributed by atoms with Crippen molar-refractivity contribution in [3.05, 3.63) is 25.9 Å². The normalized spacial score (nSPS) is 10.4. The molecule has 0 aliphatic heterocycles. The number of aromatic nitrogens is 2. The Labute approximate surface area is 145 Å². The molecule has 7 heteroatoms. The van der Waals surface area contributed by atoms with E-state index in [-0.39, 0.29) is 0 Å². The first-order chi connectivity index (χ1) is 10.0. The Balaban J connectivity index is 2.64. The van der Waals surface area contributed by atoms with Crippen molar-refractivity contribution in [2.75, 3.05) is 26.6 Å². The second-order valence-corrected chi connectivity index (χ2v) is 6.17. The molecule has 1 aromatic carbocycles. The highest BCUT2D eigenvalue weighted by molar-refractivity contribution is 14.1. The summed E-state index contributed by atoms with van der Waals surface area (Å²) in [7, 11) is 5.06. The summed E-state index contributed by atoms with van der Waals surface area (Å²) in [6, 6.07) is 3.72. The van der Waals surface area contributed by atoms with E-state index in [0.29, 0.717) is 17.3 Å². The summed E-state index contributed by atoms with van der Waals surface area (Å²) in [5.41, 5.74) is 1.77. The van der Waals surface area contributed by atoms with Gasteiger partial charge in [0.05, 0.1) is 23.5 Å². The highest BCUT2D eigenvalue weighted by atomic mass is 127. The zero-order valence-corrected chi connectivity index (χ0v) is 15.9. The molecule has 0 radical (unpaired) electrons. The van der Waals surface area contributed by atoms with Crippen molar-refractivity contribution in [3.8, 4) is 22.9 Å². The highest BCUT2D eigenvalue weighted by Gasteiger charge is 2.16. The lowest BCUT2D eigenvalue weighted by Crippen LogP contribution is -2.03. The van der Waals surface area contributed by atoms with E-state index in [1.807, 2.05) is 26.1 Å². The topological polar surface area (TPSA) is 56.3 Å². The quantitative estimate of drug-likeness (QED) is 0.697. The molecule has 0 saturated heterocycles. The van der Waals surface area contributed by atoms with E-state index in [4.69, 9.17) is 9.47 Å². The average molecular weight is 464 g/mol. The molecule has 0 bridgehead atoms. The van der Waals surface area contributed by atoms with Gasteiger partial charge >= 0.3 is 0 Å². The SMILES string of the molecule is CNc1nc(-c2cc(OC)c(OC)cc2Br)nc(C)c1I. The molecule has 5 nitrogen and oxygen atoms in total. The Bertz CT molecular complexity index is 680. The first-order valence-electron chi connectivity index (χ1n) is 6.15. The third-order valence-corrected chi connectivity index (χ3v) is 4.92. The maximum absolute atomic E-state index is 5.35. The number of hydrogen-bond acceptors (Lipinski definition) is 5. The Morgan fingerprint density at radius 1 is 1.14 bits per heavy atom. The summed E-state index contributed by atoms with van der Waals surface area (Å²) < 4.78 is 12.5. The molecule has 112 valence electrons. The van der Waals surface area contributed by atoms with Gasteiger partial charge in [-0.15, -0.1) is 0 Å². The van der Waals surface area contributed by atoms with Gasteiger partial charge in [-0.1, -0.05) is 0 Å². The van der Waals surface area contributed by atoms with Crippen molar-refractivity contribution in [2.45, 2.75) is 6.92 Å². The van der Waals surface area contributed by atoms with Crippen molar-refractivity contribution in [3.63, 3.8) is 0 Å². The van der Waals surface area contributed by atoms with Gasteiger partial charge in [0.2, 0.25) is 0 Å². The third-order valence-electron chi connectivity index (χ3n) is 2.97. The van der Waals surface area contributed by atoms with Crippen LogP contribution in [0.2, 0.25) is 0 Å². The number of halogens is 2. The van der Waals surface area contributed by atoms with Crippen LogP contribution in [0.15, 0.2) is 16.6 Å². The van der Waals surface area contributed by atoms with E-state index in [2.05, 4.69) is 53.8 Å². The van der Waals surface area contributed by atoms with Crippen LogP contribution in [0.1, 0.15) is 5.69 Å². The number of methoxy groups -OCH3 is 2. The third kappa shape index (κ3) is 3.23. The number of hydrogen-bond donors (Lipinski definition) is 1. The van der Waals surface area contributed by atoms with E-state index in [9.17, 15) is 0 Å².